The lowest BCUT2D eigenvalue weighted by Gasteiger charge is -2.37. The van der Waals surface area contributed by atoms with E-state index in [-0.39, 0.29) is 11.3 Å². The second-order valence-corrected chi connectivity index (χ2v) is 7.43. The lowest BCUT2D eigenvalue weighted by molar-refractivity contribution is -0.138. The van der Waals surface area contributed by atoms with Crippen LogP contribution in [0.5, 0.6) is 5.75 Å². The molecule has 2 heterocycles. The molecule has 0 saturated carbocycles. The lowest BCUT2D eigenvalue weighted by atomic mass is 9.98. The van der Waals surface area contributed by atoms with Crippen LogP contribution in [0.4, 0.5) is 13.2 Å². The molecule has 1 aromatic heterocycles. The number of hydrogen-bond donors (Lipinski definition) is 0. The van der Waals surface area contributed by atoms with Crippen LogP contribution in [-0.2, 0) is 12.7 Å². The minimum absolute atomic E-state index is 0.0461. The first-order valence-electron chi connectivity index (χ1n) is 9.26. The van der Waals surface area contributed by atoms with Crippen LogP contribution in [0.2, 0.25) is 5.02 Å². The van der Waals surface area contributed by atoms with Gasteiger partial charge in [-0.05, 0) is 48.0 Å². The van der Waals surface area contributed by atoms with E-state index in [0.717, 1.165) is 17.3 Å². The molecule has 0 aliphatic carbocycles. The van der Waals surface area contributed by atoms with Crippen LogP contribution in [0.3, 0.4) is 0 Å². The molecule has 1 aliphatic heterocycles. The van der Waals surface area contributed by atoms with Crippen LogP contribution in [0.15, 0.2) is 60.8 Å². The van der Waals surface area contributed by atoms with E-state index in [1.54, 1.807) is 23.1 Å². The highest BCUT2D eigenvalue weighted by Gasteiger charge is 2.37. The zero-order chi connectivity index (χ0) is 21.5. The largest absolute Gasteiger partial charge is 0.496 e. The third kappa shape index (κ3) is 3.65. The summed E-state index contributed by atoms with van der Waals surface area (Å²) in [6.45, 7) is 0.901. The van der Waals surface area contributed by atoms with Gasteiger partial charge in [-0.25, -0.2) is 0 Å². The van der Waals surface area contributed by atoms with Gasteiger partial charge in [0, 0.05) is 35.6 Å². The molecule has 3 aromatic rings. The van der Waals surface area contributed by atoms with E-state index in [4.69, 9.17) is 16.3 Å². The summed E-state index contributed by atoms with van der Waals surface area (Å²) in [5.74, 6) is -0.807. The second kappa shape index (κ2) is 7.72. The maximum absolute atomic E-state index is 13.4. The van der Waals surface area contributed by atoms with E-state index in [2.05, 4.69) is 0 Å². The standard InChI is InChI=1S/C22H18ClF3N2O2/c1-30-19-8-7-15(13-17(19)22(24,25)26)21(29)28-11-10-27-9-3-6-18(27)20(28)14-4-2-5-16(23)12-14/h2-9,12-13,20H,10-11H2,1H3/t20-/m1/s1. The quantitative estimate of drug-likeness (QED) is 0.552. The number of nitrogens with zero attached hydrogens (tertiary/aromatic N) is 2. The zero-order valence-electron chi connectivity index (χ0n) is 16.0. The van der Waals surface area contributed by atoms with Crippen LogP contribution in [-0.4, -0.2) is 29.0 Å². The highest BCUT2D eigenvalue weighted by molar-refractivity contribution is 6.30. The highest BCUT2D eigenvalue weighted by atomic mass is 35.5. The average Bonchev–Trinajstić information content (AvgIpc) is 3.20. The number of hydrogen-bond acceptors (Lipinski definition) is 2. The van der Waals surface area contributed by atoms with Crippen molar-refractivity contribution in [3.8, 4) is 5.75 Å². The summed E-state index contributed by atoms with van der Waals surface area (Å²) < 4.78 is 47.2. The topological polar surface area (TPSA) is 34.5 Å². The smallest absolute Gasteiger partial charge is 0.419 e. The van der Waals surface area contributed by atoms with Gasteiger partial charge in [0.2, 0.25) is 0 Å². The van der Waals surface area contributed by atoms with Crippen molar-refractivity contribution in [2.75, 3.05) is 13.7 Å². The van der Waals surface area contributed by atoms with Crippen molar-refractivity contribution in [1.82, 2.24) is 9.47 Å². The van der Waals surface area contributed by atoms with Gasteiger partial charge in [0.15, 0.2) is 0 Å². The molecule has 0 bridgehead atoms. The first-order chi connectivity index (χ1) is 14.3. The van der Waals surface area contributed by atoms with Gasteiger partial charge in [-0.3, -0.25) is 4.79 Å². The van der Waals surface area contributed by atoms with Gasteiger partial charge in [0.05, 0.1) is 18.7 Å². The van der Waals surface area contributed by atoms with Crippen molar-refractivity contribution in [3.63, 3.8) is 0 Å². The third-order valence-corrected chi connectivity index (χ3v) is 5.45. The molecule has 0 unspecified atom stereocenters. The number of aromatic nitrogens is 1. The van der Waals surface area contributed by atoms with Gasteiger partial charge in [-0.2, -0.15) is 13.2 Å². The van der Waals surface area contributed by atoms with E-state index in [0.29, 0.717) is 18.1 Å². The fourth-order valence-electron chi connectivity index (χ4n) is 3.86. The minimum Gasteiger partial charge on any atom is -0.496 e. The number of rotatable bonds is 3. The molecular weight excluding hydrogens is 417 g/mol. The molecule has 1 aliphatic rings. The monoisotopic (exact) mass is 434 g/mol. The molecule has 0 radical (unpaired) electrons. The zero-order valence-corrected chi connectivity index (χ0v) is 16.7. The summed E-state index contributed by atoms with van der Waals surface area (Å²) >= 11 is 6.16. The number of benzene rings is 2. The summed E-state index contributed by atoms with van der Waals surface area (Å²) in [6.07, 6.45) is -2.71. The molecule has 0 spiro atoms. The van der Waals surface area contributed by atoms with E-state index < -0.39 is 23.7 Å². The first kappa shape index (κ1) is 20.3. The van der Waals surface area contributed by atoms with Crippen molar-refractivity contribution in [3.05, 3.63) is 88.2 Å². The van der Waals surface area contributed by atoms with Crippen molar-refractivity contribution in [2.24, 2.45) is 0 Å². The Bertz CT molecular complexity index is 1090. The van der Waals surface area contributed by atoms with Gasteiger partial charge < -0.3 is 14.2 Å². The maximum atomic E-state index is 13.4. The Balaban J connectivity index is 1.78. The lowest BCUT2D eigenvalue weighted by Crippen LogP contribution is -2.42. The van der Waals surface area contributed by atoms with Gasteiger partial charge in [0.1, 0.15) is 5.75 Å². The summed E-state index contributed by atoms with van der Waals surface area (Å²) in [5.41, 5.74) is 0.646. The predicted molar refractivity (Wildman–Crippen MR) is 107 cm³/mol. The first-order valence-corrected chi connectivity index (χ1v) is 9.64. The number of halogens is 4. The normalized spacial score (nSPS) is 16.3. The van der Waals surface area contributed by atoms with Gasteiger partial charge >= 0.3 is 6.18 Å². The SMILES string of the molecule is COc1ccc(C(=O)N2CCn3cccc3[C@H]2c2cccc(Cl)c2)cc1C(F)(F)F. The molecule has 156 valence electrons. The van der Waals surface area contributed by atoms with Crippen LogP contribution in [0.1, 0.15) is 33.2 Å². The fourth-order valence-corrected chi connectivity index (χ4v) is 4.06. The molecule has 1 atom stereocenters. The summed E-state index contributed by atoms with van der Waals surface area (Å²) in [7, 11) is 1.17. The number of methoxy groups -OCH3 is 1. The van der Waals surface area contributed by atoms with Crippen LogP contribution in [0, 0.1) is 0 Å². The van der Waals surface area contributed by atoms with E-state index >= 15 is 0 Å². The summed E-state index contributed by atoms with van der Waals surface area (Å²) in [4.78, 5) is 14.9. The Morgan fingerprint density at radius 3 is 2.60 bits per heavy atom. The molecule has 1 amide bonds. The molecule has 30 heavy (non-hydrogen) atoms. The minimum atomic E-state index is -4.63. The number of carbonyl (C=O) groups is 1. The molecule has 4 rings (SSSR count). The second-order valence-electron chi connectivity index (χ2n) is 7.00. The number of ether oxygens (including phenoxy) is 1. The number of fused-ring (bicyclic) bond motifs is 1. The predicted octanol–water partition coefficient (Wildman–Crippen LogP) is 5.41. The number of alkyl halides is 3. The average molecular weight is 435 g/mol. The van der Waals surface area contributed by atoms with Crippen molar-refractivity contribution >= 4 is 17.5 Å². The Kier molecular flexibility index (Phi) is 5.24. The Morgan fingerprint density at radius 1 is 1.10 bits per heavy atom. The van der Waals surface area contributed by atoms with Gasteiger partial charge in [0.25, 0.3) is 5.91 Å². The summed E-state index contributed by atoms with van der Waals surface area (Å²) in [6, 6.07) is 13.9. The van der Waals surface area contributed by atoms with Crippen LogP contribution < -0.4 is 4.74 Å². The van der Waals surface area contributed by atoms with Crippen molar-refractivity contribution in [1.29, 1.82) is 0 Å². The Labute approximate surface area is 176 Å². The van der Waals surface area contributed by atoms with E-state index in [1.165, 1.54) is 19.2 Å². The van der Waals surface area contributed by atoms with Gasteiger partial charge in [-0.1, -0.05) is 23.7 Å². The van der Waals surface area contributed by atoms with Gasteiger partial charge in [-0.15, -0.1) is 0 Å². The van der Waals surface area contributed by atoms with Crippen molar-refractivity contribution in [2.45, 2.75) is 18.8 Å². The molecule has 2 aromatic carbocycles. The highest BCUT2D eigenvalue weighted by Crippen LogP contribution is 2.38. The Morgan fingerprint density at radius 2 is 1.90 bits per heavy atom. The number of carbonyl (C=O) groups excluding carboxylic acids is 1. The fraction of sp³-hybridized carbons (Fsp3) is 0.227. The molecule has 0 N–H and O–H groups in total. The molecule has 0 saturated heterocycles. The molecule has 4 nitrogen and oxygen atoms in total. The van der Waals surface area contributed by atoms with Crippen molar-refractivity contribution < 1.29 is 22.7 Å². The number of amides is 1. The maximum Gasteiger partial charge on any atom is 0.419 e. The molecule has 0 fully saturated rings. The summed E-state index contributed by atoms with van der Waals surface area (Å²) in [5, 5.41) is 0.521. The molecule has 8 heteroatoms. The molecular formula is C22H18ClF3N2O2. The van der Waals surface area contributed by atoms with Crippen LogP contribution >= 0.6 is 11.6 Å². The van der Waals surface area contributed by atoms with Crippen LogP contribution in [0.25, 0.3) is 0 Å². The van der Waals surface area contributed by atoms with E-state index in [1.807, 2.05) is 29.0 Å². The third-order valence-electron chi connectivity index (χ3n) is 5.22. The Hall–Kier alpha value is -2.93. The van der Waals surface area contributed by atoms with E-state index in [9.17, 15) is 18.0 Å².